The molecule has 0 aliphatic rings. The Kier molecular flexibility index (Phi) is 5.93. The monoisotopic (exact) mass is 430 g/mol. The molecule has 0 fully saturated rings. The van der Waals surface area contributed by atoms with Crippen molar-refractivity contribution in [3.8, 4) is 0 Å². The number of aliphatic hydroxyl groups excluding tert-OH is 2. The number of hydrogen-bond donors (Lipinski definition) is 2. The summed E-state index contributed by atoms with van der Waals surface area (Å²) in [5.41, 5.74) is 0. The first-order valence-electron chi connectivity index (χ1n) is 5.58. The number of halogens is 15. The van der Waals surface area contributed by atoms with Gasteiger partial charge in [0.05, 0.1) is 0 Å². The molecule has 158 valence electrons. The van der Waals surface area contributed by atoms with Gasteiger partial charge in [0.2, 0.25) is 0 Å². The van der Waals surface area contributed by atoms with Crippen LogP contribution in [0.4, 0.5) is 65.9 Å². The topological polar surface area (TPSA) is 40.5 Å². The van der Waals surface area contributed by atoms with Crippen molar-refractivity contribution in [2.75, 3.05) is 6.61 Å². The van der Waals surface area contributed by atoms with Crippen LogP contribution < -0.4 is 0 Å². The van der Waals surface area contributed by atoms with E-state index in [0.717, 1.165) is 0 Å². The Balaban J connectivity index is 6.54. The Morgan fingerprint density at radius 2 is 0.808 bits per heavy atom. The summed E-state index contributed by atoms with van der Waals surface area (Å²) in [4.78, 5) is 0. The third kappa shape index (κ3) is 2.86. The summed E-state index contributed by atoms with van der Waals surface area (Å²) >= 11 is 0. The maximum Gasteiger partial charge on any atom is 0.384 e. The Bertz CT molecular complexity index is 511. The molecule has 0 aliphatic carbocycles. The summed E-state index contributed by atoms with van der Waals surface area (Å²) in [6.07, 6.45) is -5.37. The molecule has 17 heteroatoms. The van der Waals surface area contributed by atoms with Gasteiger partial charge < -0.3 is 10.2 Å². The standard InChI is InChI=1S/C9H5F15O2/c10-2(26)4(13,14)6(17,18)8(21,22)9(23,24)7(19,20)5(15,16)3(11,12)1-25/h2,25-26H,1H2. The van der Waals surface area contributed by atoms with Crippen LogP contribution in [0.15, 0.2) is 0 Å². The first-order valence-corrected chi connectivity index (χ1v) is 5.58. The Morgan fingerprint density at radius 1 is 0.538 bits per heavy atom. The van der Waals surface area contributed by atoms with Gasteiger partial charge in [-0.25, -0.2) is 4.39 Å². The summed E-state index contributed by atoms with van der Waals surface area (Å²) in [6.45, 7) is -3.37. The Morgan fingerprint density at radius 3 is 1.08 bits per heavy atom. The third-order valence-electron chi connectivity index (χ3n) is 2.95. The molecule has 2 nitrogen and oxygen atoms in total. The van der Waals surface area contributed by atoms with Crippen LogP contribution in [0.2, 0.25) is 0 Å². The lowest BCUT2D eigenvalue weighted by atomic mass is 9.89. The fourth-order valence-corrected chi connectivity index (χ4v) is 1.28. The lowest BCUT2D eigenvalue weighted by Gasteiger charge is -2.42. The minimum atomic E-state index is -8.36. The fourth-order valence-electron chi connectivity index (χ4n) is 1.28. The molecule has 0 radical (unpaired) electrons. The van der Waals surface area contributed by atoms with E-state index >= 15 is 0 Å². The van der Waals surface area contributed by atoms with E-state index in [9.17, 15) is 65.9 Å². The first-order chi connectivity index (χ1) is 11.0. The van der Waals surface area contributed by atoms with Crippen LogP contribution in [-0.4, -0.2) is 64.6 Å². The Hall–Kier alpha value is -1.13. The van der Waals surface area contributed by atoms with Crippen LogP contribution in [0, 0.1) is 0 Å². The minimum Gasteiger partial charge on any atom is -0.390 e. The van der Waals surface area contributed by atoms with Gasteiger partial charge in [-0.05, 0) is 0 Å². The normalized spacial score (nSPS) is 17.4. The van der Waals surface area contributed by atoms with Crippen LogP contribution >= 0.6 is 0 Å². The van der Waals surface area contributed by atoms with Gasteiger partial charge in [-0.3, -0.25) is 0 Å². The third-order valence-corrected chi connectivity index (χ3v) is 2.95. The predicted molar refractivity (Wildman–Crippen MR) is 48.8 cm³/mol. The van der Waals surface area contributed by atoms with E-state index in [-0.39, 0.29) is 0 Å². The minimum absolute atomic E-state index is 3.37. The van der Waals surface area contributed by atoms with Crippen LogP contribution in [0.3, 0.4) is 0 Å². The van der Waals surface area contributed by atoms with Crippen LogP contribution in [0.1, 0.15) is 0 Å². The SMILES string of the molecule is OCC(F)(F)C(F)(F)C(F)(F)C(F)(F)C(F)(F)C(F)(F)C(F)(F)C(O)F. The molecular formula is C9H5F15O2. The maximum atomic E-state index is 13.0. The molecule has 0 aromatic carbocycles. The summed E-state index contributed by atoms with van der Waals surface area (Å²) in [6, 6.07) is 0. The highest BCUT2D eigenvalue weighted by Crippen LogP contribution is 2.62. The second-order valence-corrected chi connectivity index (χ2v) is 4.69. The molecule has 0 aromatic rings. The van der Waals surface area contributed by atoms with Crippen LogP contribution in [-0.2, 0) is 0 Å². The van der Waals surface area contributed by atoms with E-state index in [1.807, 2.05) is 0 Å². The van der Waals surface area contributed by atoms with E-state index in [0.29, 0.717) is 0 Å². The van der Waals surface area contributed by atoms with Gasteiger partial charge in [-0.15, -0.1) is 0 Å². The molecular weight excluding hydrogens is 425 g/mol. The van der Waals surface area contributed by atoms with E-state index < -0.39 is 54.4 Å². The second kappa shape index (κ2) is 6.20. The number of hydrogen-bond acceptors (Lipinski definition) is 2. The molecule has 0 rings (SSSR count). The molecule has 0 bridgehead atoms. The average molecular weight is 430 g/mol. The fraction of sp³-hybridized carbons (Fsp3) is 1.00. The largest absolute Gasteiger partial charge is 0.390 e. The molecule has 1 atom stereocenters. The summed E-state index contributed by atoms with van der Waals surface area (Å²) < 4.78 is 191. The smallest absolute Gasteiger partial charge is 0.384 e. The quantitative estimate of drug-likeness (QED) is 0.577. The van der Waals surface area contributed by atoms with Crippen molar-refractivity contribution in [2.45, 2.75) is 47.8 Å². The van der Waals surface area contributed by atoms with E-state index in [2.05, 4.69) is 0 Å². The zero-order valence-electron chi connectivity index (χ0n) is 11.3. The molecule has 0 spiro atoms. The molecule has 26 heavy (non-hydrogen) atoms. The Labute approximate surface area is 132 Å². The van der Waals surface area contributed by atoms with Crippen molar-refractivity contribution in [1.29, 1.82) is 0 Å². The first kappa shape index (κ1) is 24.9. The molecule has 0 aromatic heterocycles. The van der Waals surface area contributed by atoms with Gasteiger partial charge in [0.1, 0.15) is 6.61 Å². The summed E-state index contributed by atoms with van der Waals surface area (Å²) in [7, 11) is 0. The molecule has 0 saturated carbocycles. The zero-order chi connectivity index (χ0) is 21.8. The van der Waals surface area contributed by atoms with Crippen molar-refractivity contribution in [3.63, 3.8) is 0 Å². The van der Waals surface area contributed by atoms with E-state index in [1.54, 1.807) is 0 Å². The van der Waals surface area contributed by atoms with Crippen molar-refractivity contribution in [3.05, 3.63) is 0 Å². The number of aliphatic hydroxyl groups is 2. The average Bonchev–Trinajstić information content (AvgIpc) is 2.45. The van der Waals surface area contributed by atoms with E-state index in [4.69, 9.17) is 10.2 Å². The van der Waals surface area contributed by atoms with Gasteiger partial charge in [0.25, 0.3) is 6.36 Å². The van der Waals surface area contributed by atoms with E-state index in [1.165, 1.54) is 0 Å². The van der Waals surface area contributed by atoms with Crippen LogP contribution in [0.5, 0.6) is 0 Å². The van der Waals surface area contributed by atoms with Crippen molar-refractivity contribution < 1.29 is 76.1 Å². The summed E-state index contributed by atoms with van der Waals surface area (Å²) in [5.74, 6) is -54.3. The van der Waals surface area contributed by atoms with Crippen molar-refractivity contribution >= 4 is 0 Å². The number of alkyl halides is 15. The molecule has 0 amide bonds. The summed E-state index contributed by atoms with van der Waals surface area (Å²) in [5, 5.41) is 15.4. The zero-order valence-corrected chi connectivity index (χ0v) is 11.3. The molecule has 0 aliphatic heterocycles. The number of rotatable bonds is 8. The van der Waals surface area contributed by atoms with Crippen molar-refractivity contribution in [2.24, 2.45) is 0 Å². The van der Waals surface area contributed by atoms with Gasteiger partial charge in [0.15, 0.2) is 0 Å². The molecule has 0 heterocycles. The van der Waals surface area contributed by atoms with Crippen molar-refractivity contribution in [1.82, 2.24) is 0 Å². The highest BCUT2D eigenvalue weighted by Gasteiger charge is 2.93. The van der Waals surface area contributed by atoms with Gasteiger partial charge in [0, 0.05) is 0 Å². The molecule has 1 unspecified atom stereocenters. The maximum absolute atomic E-state index is 13.0. The molecule has 0 saturated heterocycles. The van der Waals surface area contributed by atoms with Crippen LogP contribution in [0.25, 0.3) is 0 Å². The molecule has 2 N–H and O–H groups in total. The second-order valence-electron chi connectivity index (χ2n) is 4.69. The van der Waals surface area contributed by atoms with Gasteiger partial charge >= 0.3 is 41.5 Å². The highest BCUT2D eigenvalue weighted by molar-refractivity contribution is 5.14. The lowest BCUT2D eigenvalue weighted by molar-refractivity contribution is -0.449. The van der Waals surface area contributed by atoms with Gasteiger partial charge in [-0.2, -0.15) is 61.5 Å². The van der Waals surface area contributed by atoms with Gasteiger partial charge in [-0.1, -0.05) is 0 Å². The predicted octanol–water partition coefficient (Wildman–Crippen LogP) is 3.71. The lowest BCUT2D eigenvalue weighted by Crippen LogP contribution is -2.74. The highest BCUT2D eigenvalue weighted by atomic mass is 19.4.